The summed E-state index contributed by atoms with van der Waals surface area (Å²) in [5, 5.41) is 1.64. The van der Waals surface area contributed by atoms with Gasteiger partial charge in [0.15, 0.2) is 0 Å². The maximum atomic E-state index is 6.28. The standard InChI is InChI=1S/C13H15Cl3/c14-10-5-2-1-4-9(8-10)11-6-3-7-12(15)13(11)16/h3,6-7,9-10H,1-2,4-5,8H2. The molecule has 2 atom stereocenters. The quantitative estimate of drug-likeness (QED) is 0.460. The van der Waals surface area contributed by atoms with Gasteiger partial charge in [0.2, 0.25) is 0 Å². The molecule has 2 rings (SSSR count). The lowest BCUT2D eigenvalue weighted by Crippen LogP contribution is -2.04. The van der Waals surface area contributed by atoms with E-state index in [4.69, 9.17) is 34.8 Å². The number of hydrogen-bond donors (Lipinski definition) is 0. The predicted octanol–water partition coefficient (Wildman–Crippen LogP) is 5.65. The van der Waals surface area contributed by atoms with Crippen LogP contribution in [0.15, 0.2) is 18.2 Å². The van der Waals surface area contributed by atoms with Crippen molar-refractivity contribution < 1.29 is 0 Å². The molecule has 0 aromatic heterocycles. The Kier molecular flexibility index (Phi) is 4.41. The zero-order chi connectivity index (χ0) is 11.5. The van der Waals surface area contributed by atoms with Gasteiger partial charge in [-0.05, 0) is 36.8 Å². The predicted molar refractivity (Wildman–Crippen MR) is 71.9 cm³/mol. The van der Waals surface area contributed by atoms with Gasteiger partial charge in [0.25, 0.3) is 0 Å². The fourth-order valence-electron chi connectivity index (χ4n) is 2.42. The van der Waals surface area contributed by atoms with Crippen molar-refractivity contribution in [3.63, 3.8) is 0 Å². The third-order valence-corrected chi connectivity index (χ3v) is 4.51. The summed E-state index contributed by atoms with van der Waals surface area (Å²) in [6.45, 7) is 0. The van der Waals surface area contributed by atoms with Gasteiger partial charge >= 0.3 is 0 Å². The third-order valence-electron chi connectivity index (χ3n) is 3.28. The Balaban J connectivity index is 2.24. The van der Waals surface area contributed by atoms with E-state index in [1.165, 1.54) is 24.8 Å². The van der Waals surface area contributed by atoms with E-state index in [-0.39, 0.29) is 5.38 Å². The molecule has 1 aliphatic rings. The average Bonchev–Trinajstić information content (AvgIpc) is 2.47. The van der Waals surface area contributed by atoms with Crippen LogP contribution in [0.3, 0.4) is 0 Å². The van der Waals surface area contributed by atoms with Crippen LogP contribution >= 0.6 is 34.8 Å². The molecule has 0 bridgehead atoms. The molecule has 0 heterocycles. The summed E-state index contributed by atoms with van der Waals surface area (Å²) in [6, 6.07) is 5.88. The zero-order valence-electron chi connectivity index (χ0n) is 9.06. The second-order valence-corrected chi connectivity index (χ2v) is 5.86. The largest absolute Gasteiger partial charge is 0.123 e. The smallest absolute Gasteiger partial charge is 0.0627 e. The topological polar surface area (TPSA) is 0 Å². The van der Waals surface area contributed by atoms with Crippen LogP contribution in [0.25, 0.3) is 0 Å². The monoisotopic (exact) mass is 276 g/mol. The van der Waals surface area contributed by atoms with E-state index in [0.29, 0.717) is 16.0 Å². The van der Waals surface area contributed by atoms with Crippen LogP contribution in [-0.4, -0.2) is 5.38 Å². The van der Waals surface area contributed by atoms with Crippen LogP contribution in [-0.2, 0) is 0 Å². The Morgan fingerprint density at radius 3 is 2.62 bits per heavy atom. The van der Waals surface area contributed by atoms with Crippen LogP contribution in [0.1, 0.15) is 43.6 Å². The van der Waals surface area contributed by atoms with E-state index in [1.807, 2.05) is 12.1 Å². The maximum absolute atomic E-state index is 6.28. The Bertz CT molecular complexity index is 362. The van der Waals surface area contributed by atoms with E-state index in [1.54, 1.807) is 0 Å². The summed E-state index contributed by atoms with van der Waals surface area (Å²) in [5.74, 6) is 0.469. The van der Waals surface area contributed by atoms with Gasteiger partial charge in [-0.25, -0.2) is 0 Å². The Hall–Kier alpha value is 0.0900. The molecular formula is C13H15Cl3. The van der Waals surface area contributed by atoms with E-state index < -0.39 is 0 Å². The lowest BCUT2D eigenvalue weighted by Gasteiger charge is -2.18. The molecule has 88 valence electrons. The Labute approximate surface area is 112 Å². The van der Waals surface area contributed by atoms with Gasteiger partial charge in [-0.1, -0.05) is 48.2 Å². The molecule has 0 aliphatic heterocycles. The molecular weight excluding hydrogens is 263 g/mol. The molecule has 1 fully saturated rings. The second-order valence-electron chi connectivity index (χ2n) is 4.46. The van der Waals surface area contributed by atoms with Crippen molar-refractivity contribution in [1.82, 2.24) is 0 Å². The zero-order valence-corrected chi connectivity index (χ0v) is 11.3. The molecule has 0 radical (unpaired) electrons. The van der Waals surface area contributed by atoms with E-state index in [0.717, 1.165) is 12.8 Å². The highest BCUT2D eigenvalue weighted by atomic mass is 35.5. The second kappa shape index (κ2) is 5.62. The molecule has 16 heavy (non-hydrogen) atoms. The lowest BCUT2D eigenvalue weighted by atomic mass is 9.92. The van der Waals surface area contributed by atoms with Gasteiger partial charge in [0.1, 0.15) is 0 Å². The van der Waals surface area contributed by atoms with Crippen molar-refractivity contribution >= 4 is 34.8 Å². The van der Waals surface area contributed by atoms with Crippen LogP contribution in [0.5, 0.6) is 0 Å². The van der Waals surface area contributed by atoms with E-state index in [2.05, 4.69) is 6.07 Å². The third kappa shape index (κ3) is 2.85. The van der Waals surface area contributed by atoms with Crippen LogP contribution < -0.4 is 0 Å². The van der Waals surface area contributed by atoms with Crippen LogP contribution in [0.4, 0.5) is 0 Å². The first-order valence-corrected chi connectivity index (χ1v) is 6.95. The van der Waals surface area contributed by atoms with Crippen molar-refractivity contribution in [2.45, 2.75) is 43.4 Å². The molecule has 0 saturated heterocycles. The van der Waals surface area contributed by atoms with Crippen molar-refractivity contribution in [1.29, 1.82) is 0 Å². The number of rotatable bonds is 1. The normalized spacial score (nSPS) is 26.4. The lowest BCUT2D eigenvalue weighted by molar-refractivity contribution is 0.596. The summed E-state index contributed by atoms with van der Waals surface area (Å²) in [5.41, 5.74) is 1.17. The van der Waals surface area contributed by atoms with Gasteiger partial charge in [0, 0.05) is 5.38 Å². The molecule has 2 unspecified atom stereocenters. The maximum Gasteiger partial charge on any atom is 0.0627 e. The molecule has 0 spiro atoms. The summed E-state index contributed by atoms with van der Waals surface area (Å²) < 4.78 is 0. The number of alkyl halides is 1. The Morgan fingerprint density at radius 2 is 1.81 bits per heavy atom. The van der Waals surface area contributed by atoms with E-state index >= 15 is 0 Å². The first-order valence-electron chi connectivity index (χ1n) is 5.76. The summed E-state index contributed by atoms with van der Waals surface area (Å²) in [7, 11) is 0. The summed E-state index contributed by atoms with van der Waals surface area (Å²) in [6.07, 6.45) is 5.76. The fraction of sp³-hybridized carbons (Fsp3) is 0.538. The molecule has 1 aromatic rings. The number of hydrogen-bond acceptors (Lipinski definition) is 0. The molecule has 0 nitrogen and oxygen atoms in total. The van der Waals surface area contributed by atoms with Gasteiger partial charge in [0.05, 0.1) is 10.0 Å². The minimum Gasteiger partial charge on any atom is -0.123 e. The minimum absolute atomic E-state index is 0.280. The molecule has 0 amide bonds. The van der Waals surface area contributed by atoms with Crippen LogP contribution in [0, 0.1) is 0 Å². The molecule has 1 aromatic carbocycles. The van der Waals surface area contributed by atoms with Gasteiger partial charge in [-0.15, -0.1) is 11.6 Å². The molecule has 1 aliphatic carbocycles. The highest BCUT2D eigenvalue weighted by Gasteiger charge is 2.22. The molecule has 3 heteroatoms. The average molecular weight is 278 g/mol. The van der Waals surface area contributed by atoms with Gasteiger partial charge in [-0.3, -0.25) is 0 Å². The highest BCUT2D eigenvalue weighted by Crippen LogP contribution is 2.39. The first kappa shape index (κ1) is 12.5. The number of benzene rings is 1. The fourth-order valence-corrected chi connectivity index (χ4v) is 3.25. The van der Waals surface area contributed by atoms with Gasteiger partial charge in [-0.2, -0.15) is 0 Å². The SMILES string of the molecule is Clc1cccc(C2CCCCC(Cl)C2)c1Cl. The van der Waals surface area contributed by atoms with Gasteiger partial charge < -0.3 is 0 Å². The van der Waals surface area contributed by atoms with E-state index in [9.17, 15) is 0 Å². The van der Waals surface area contributed by atoms with Crippen molar-refractivity contribution in [3.8, 4) is 0 Å². The first-order chi connectivity index (χ1) is 7.68. The van der Waals surface area contributed by atoms with Crippen LogP contribution in [0.2, 0.25) is 10.0 Å². The van der Waals surface area contributed by atoms with Crippen molar-refractivity contribution in [2.75, 3.05) is 0 Å². The summed E-state index contributed by atoms with van der Waals surface area (Å²) >= 11 is 18.6. The molecule has 0 N–H and O–H groups in total. The Morgan fingerprint density at radius 1 is 1.06 bits per heavy atom. The number of halogens is 3. The van der Waals surface area contributed by atoms with Crippen molar-refractivity contribution in [3.05, 3.63) is 33.8 Å². The van der Waals surface area contributed by atoms with Crippen molar-refractivity contribution in [2.24, 2.45) is 0 Å². The summed E-state index contributed by atoms with van der Waals surface area (Å²) in [4.78, 5) is 0. The highest BCUT2D eigenvalue weighted by molar-refractivity contribution is 6.42. The minimum atomic E-state index is 0.280. The molecule has 1 saturated carbocycles.